The molecule has 1 N–H and O–H groups in total. The molecule has 0 spiro atoms. The van der Waals surface area contributed by atoms with Crippen molar-refractivity contribution < 1.29 is 0 Å². The van der Waals surface area contributed by atoms with Gasteiger partial charge in [-0.2, -0.15) is 0 Å². The van der Waals surface area contributed by atoms with Gasteiger partial charge in [0.2, 0.25) is 0 Å². The topological polar surface area (TPSA) is 55.6 Å². The Bertz CT molecular complexity index is 465. The van der Waals surface area contributed by atoms with E-state index in [9.17, 15) is 0 Å². The van der Waals surface area contributed by atoms with Gasteiger partial charge >= 0.3 is 0 Å². The summed E-state index contributed by atoms with van der Waals surface area (Å²) in [5.74, 6) is 0. The fraction of sp³-hybridized carbons (Fsp3) is 0.364. The minimum absolute atomic E-state index is 0.844. The molecule has 0 atom stereocenters. The lowest BCUT2D eigenvalue weighted by Crippen LogP contribution is -2.11. The van der Waals surface area contributed by atoms with Crippen molar-refractivity contribution >= 4 is 11.8 Å². The van der Waals surface area contributed by atoms with Gasteiger partial charge in [-0.05, 0) is 29.9 Å². The van der Waals surface area contributed by atoms with Crippen molar-refractivity contribution in [2.45, 2.75) is 23.7 Å². The van der Waals surface area contributed by atoms with Crippen molar-refractivity contribution in [2.24, 2.45) is 7.05 Å². The van der Waals surface area contributed by atoms with Crippen molar-refractivity contribution in [3.8, 4) is 0 Å². The Hall–Kier alpha value is -1.40. The van der Waals surface area contributed by atoms with Crippen LogP contribution in [0.2, 0.25) is 0 Å². The third-order valence-corrected chi connectivity index (χ3v) is 3.25. The Labute approximate surface area is 105 Å². The van der Waals surface area contributed by atoms with Crippen molar-refractivity contribution in [1.29, 1.82) is 0 Å². The Balaban J connectivity index is 2.01. The van der Waals surface area contributed by atoms with Gasteiger partial charge in [-0.15, -0.1) is 10.2 Å². The molecule has 90 valence electrons. The van der Waals surface area contributed by atoms with E-state index >= 15 is 0 Å². The largest absolute Gasteiger partial charge is 0.313 e. The summed E-state index contributed by atoms with van der Waals surface area (Å²) in [4.78, 5) is 4.39. The van der Waals surface area contributed by atoms with Crippen LogP contribution in [0.5, 0.6) is 0 Å². The smallest absolute Gasteiger partial charge is 0.197 e. The van der Waals surface area contributed by atoms with Gasteiger partial charge in [-0.25, -0.2) is 4.98 Å². The van der Waals surface area contributed by atoms with Gasteiger partial charge in [0.1, 0.15) is 11.4 Å². The van der Waals surface area contributed by atoms with Crippen LogP contribution in [0.3, 0.4) is 0 Å². The first-order valence-electron chi connectivity index (χ1n) is 5.47. The van der Waals surface area contributed by atoms with E-state index in [1.807, 2.05) is 23.9 Å². The Kier molecular flexibility index (Phi) is 4.11. The average molecular weight is 249 g/mol. The zero-order valence-corrected chi connectivity index (χ0v) is 10.7. The third kappa shape index (κ3) is 3.28. The predicted octanol–water partition coefficient (Wildman–Crippen LogP) is 1.47. The maximum Gasteiger partial charge on any atom is 0.197 e. The minimum atomic E-state index is 0.844. The molecule has 6 heteroatoms. The SMILES string of the molecule is CCNCc1ccc(Sc2nncn2C)nc1. The van der Waals surface area contributed by atoms with Gasteiger partial charge < -0.3 is 9.88 Å². The Morgan fingerprint density at radius 2 is 2.29 bits per heavy atom. The molecule has 0 saturated heterocycles. The summed E-state index contributed by atoms with van der Waals surface area (Å²) in [7, 11) is 1.92. The van der Waals surface area contributed by atoms with E-state index in [-0.39, 0.29) is 0 Å². The first-order chi connectivity index (χ1) is 8.29. The molecule has 0 unspecified atom stereocenters. The number of nitrogens with one attached hydrogen (secondary N) is 1. The van der Waals surface area contributed by atoms with Gasteiger partial charge in [-0.3, -0.25) is 0 Å². The zero-order valence-electron chi connectivity index (χ0n) is 9.92. The second kappa shape index (κ2) is 5.79. The van der Waals surface area contributed by atoms with E-state index in [0.29, 0.717) is 0 Å². The minimum Gasteiger partial charge on any atom is -0.313 e. The maximum atomic E-state index is 4.39. The Morgan fingerprint density at radius 1 is 1.41 bits per heavy atom. The normalized spacial score (nSPS) is 10.7. The molecule has 0 aliphatic carbocycles. The van der Waals surface area contributed by atoms with E-state index in [1.165, 1.54) is 17.3 Å². The monoisotopic (exact) mass is 249 g/mol. The lowest BCUT2D eigenvalue weighted by atomic mass is 10.3. The lowest BCUT2D eigenvalue weighted by Gasteiger charge is -2.03. The van der Waals surface area contributed by atoms with Gasteiger partial charge in [0.15, 0.2) is 5.16 Å². The van der Waals surface area contributed by atoms with Crippen LogP contribution in [0, 0.1) is 0 Å². The highest BCUT2D eigenvalue weighted by atomic mass is 32.2. The highest BCUT2D eigenvalue weighted by Gasteiger charge is 2.04. The fourth-order valence-electron chi connectivity index (χ4n) is 1.30. The molecule has 0 aliphatic heterocycles. The lowest BCUT2D eigenvalue weighted by molar-refractivity contribution is 0.722. The van der Waals surface area contributed by atoms with Crippen LogP contribution in [-0.2, 0) is 13.6 Å². The van der Waals surface area contributed by atoms with Crippen LogP contribution in [-0.4, -0.2) is 26.3 Å². The number of aromatic nitrogens is 4. The summed E-state index contributed by atoms with van der Waals surface area (Å²) in [5.41, 5.74) is 1.19. The summed E-state index contributed by atoms with van der Waals surface area (Å²) in [6.07, 6.45) is 3.57. The second-order valence-electron chi connectivity index (χ2n) is 3.61. The first-order valence-corrected chi connectivity index (χ1v) is 6.28. The van der Waals surface area contributed by atoms with Gasteiger partial charge in [0.25, 0.3) is 0 Å². The van der Waals surface area contributed by atoms with Crippen LogP contribution in [0.4, 0.5) is 0 Å². The number of rotatable bonds is 5. The quantitative estimate of drug-likeness (QED) is 0.869. The summed E-state index contributed by atoms with van der Waals surface area (Å²) in [6.45, 7) is 3.92. The van der Waals surface area contributed by atoms with Gasteiger partial charge in [0, 0.05) is 19.8 Å². The number of pyridine rings is 1. The van der Waals surface area contributed by atoms with E-state index in [4.69, 9.17) is 0 Å². The van der Waals surface area contributed by atoms with Gasteiger partial charge in [-0.1, -0.05) is 13.0 Å². The molecule has 0 radical (unpaired) electrons. The third-order valence-electron chi connectivity index (χ3n) is 2.24. The van der Waals surface area contributed by atoms with Crippen molar-refractivity contribution in [3.05, 3.63) is 30.2 Å². The van der Waals surface area contributed by atoms with E-state index < -0.39 is 0 Å². The highest BCUT2D eigenvalue weighted by molar-refractivity contribution is 7.99. The molecule has 0 fully saturated rings. The molecule has 2 aromatic rings. The highest BCUT2D eigenvalue weighted by Crippen LogP contribution is 2.22. The fourth-order valence-corrected chi connectivity index (χ4v) is 2.01. The molecule has 17 heavy (non-hydrogen) atoms. The first kappa shape index (κ1) is 12.1. The second-order valence-corrected chi connectivity index (χ2v) is 4.60. The van der Waals surface area contributed by atoms with Crippen molar-refractivity contribution in [1.82, 2.24) is 25.1 Å². The van der Waals surface area contributed by atoms with E-state index in [1.54, 1.807) is 6.33 Å². The molecule has 0 bridgehead atoms. The molecule has 2 aromatic heterocycles. The van der Waals surface area contributed by atoms with Crippen LogP contribution in [0.25, 0.3) is 0 Å². The van der Waals surface area contributed by atoms with Crippen LogP contribution in [0.15, 0.2) is 34.8 Å². The Morgan fingerprint density at radius 3 is 2.88 bits per heavy atom. The summed E-state index contributed by atoms with van der Waals surface area (Å²) in [6, 6.07) is 4.08. The van der Waals surface area contributed by atoms with Crippen LogP contribution in [0.1, 0.15) is 12.5 Å². The van der Waals surface area contributed by atoms with Gasteiger partial charge in [0.05, 0.1) is 0 Å². The summed E-state index contributed by atoms with van der Waals surface area (Å²) in [5, 5.41) is 12.9. The predicted molar refractivity (Wildman–Crippen MR) is 66.7 cm³/mol. The van der Waals surface area contributed by atoms with Crippen LogP contribution < -0.4 is 5.32 Å². The molecule has 2 rings (SSSR count). The molecule has 0 aliphatic rings. The number of hydrogen-bond acceptors (Lipinski definition) is 5. The molecular formula is C11H15N5S. The zero-order chi connectivity index (χ0) is 12.1. The van der Waals surface area contributed by atoms with Crippen molar-refractivity contribution in [3.63, 3.8) is 0 Å². The number of nitrogens with zero attached hydrogens (tertiary/aromatic N) is 4. The van der Waals surface area contributed by atoms with E-state index in [0.717, 1.165) is 23.3 Å². The molecule has 0 amide bonds. The molecule has 0 aromatic carbocycles. The van der Waals surface area contributed by atoms with Crippen molar-refractivity contribution in [2.75, 3.05) is 6.54 Å². The number of hydrogen-bond donors (Lipinski definition) is 1. The summed E-state index contributed by atoms with van der Waals surface area (Å²) >= 11 is 1.51. The molecule has 0 saturated carbocycles. The van der Waals surface area contributed by atoms with Crippen LogP contribution >= 0.6 is 11.8 Å². The average Bonchev–Trinajstić information content (AvgIpc) is 2.74. The molecule has 2 heterocycles. The maximum absolute atomic E-state index is 4.39. The number of aryl methyl sites for hydroxylation is 1. The molecule has 5 nitrogen and oxygen atoms in total. The summed E-state index contributed by atoms with van der Waals surface area (Å²) < 4.78 is 1.87. The standard InChI is InChI=1S/C11H15N5S/c1-3-12-6-9-4-5-10(13-7-9)17-11-15-14-8-16(11)2/h4-5,7-8,12H,3,6H2,1-2H3. The van der Waals surface area contributed by atoms with E-state index in [2.05, 4.69) is 33.5 Å². The molecular weight excluding hydrogens is 234 g/mol.